The Labute approximate surface area is 77.6 Å². The minimum absolute atomic E-state index is 0.0440. The second kappa shape index (κ2) is 4.57. The van der Waals surface area contributed by atoms with Crippen molar-refractivity contribution in [2.45, 2.75) is 6.61 Å². The first-order valence-electron chi connectivity index (χ1n) is 4.01. The van der Waals surface area contributed by atoms with Gasteiger partial charge in [-0.05, 0) is 0 Å². The summed E-state index contributed by atoms with van der Waals surface area (Å²) >= 11 is 0. The summed E-state index contributed by atoms with van der Waals surface area (Å²) in [7, 11) is 1.89. The summed E-state index contributed by atoms with van der Waals surface area (Å²) in [6.45, 7) is 4.29. The summed E-state index contributed by atoms with van der Waals surface area (Å²) in [4.78, 5) is 9.81. The van der Waals surface area contributed by atoms with Crippen LogP contribution in [0.3, 0.4) is 0 Å². The maximum absolute atomic E-state index is 9.00. The molecule has 0 saturated carbocycles. The van der Waals surface area contributed by atoms with E-state index in [0.29, 0.717) is 6.54 Å². The van der Waals surface area contributed by atoms with Gasteiger partial charge in [0.05, 0.1) is 6.61 Å². The number of hydrogen-bond acceptors (Lipinski definition) is 4. The Morgan fingerprint density at radius 3 is 3.08 bits per heavy atom. The van der Waals surface area contributed by atoms with Gasteiger partial charge in [0.1, 0.15) is 12.1 Å². The molecule has 1 aromatic heterocycles. The average molecular weight is 179 g/mol. The topological polar surface area (TPSA) is 49.2 Å². The van der Waals surface area contributed by atoms with Gasteiger partial charge in [0.2, 0.25) is 0 Å². The van der Waals surface area contributed by atoms with Crippen LogP contribution in [0.15, 0.2) is 25.2 Å². The molecule has 0 bridgehead atoms. The van der Waals surface area contributed by atoms with Crippen LogP contribution in [0.5, 0.6) is 0 Å². The van der Waals surface area contributed by atoms with Crippen molar-refractivity contribution in [3.63, 3.8) is 0 Å². The molecule has 1 N–H and O–H groups in total. The molecule has 1 aromatic rings. The Hall–Kier alpha value is -1.42. The number of hydrogen-bond donors (Lipinski definition) is 1. The molecule has 1 rings (SSSR count). The van der Waals surface area contributed by atoms with Crippen LogP contribution in [0.2, 0.25) is 0 Å². The second-order valence-electron chi connectivity index (χ2n) is 2.70. The number of nitrogens with zero attached hydrogens (tertiary/aromatic N) is 3. The maximum atomic E-state index is 9.00. The first kappa shape index (κ1) is 9.67. The molecule has 0 fully saturated rings. The van der Waals surface area contributed by atoms with Crippen LogP contribution in [0.4, 0.5) is 5.82 Å². The molecule has 0 aromatic carbocycles. The third-order valence-electron chi connectivity index (χ3n) is 1.70. The van der Waals surface area contributed by atoms with Crippen LogP contribution in [-0.4, -0.2) is 28.7 Å². The Balaban J connectivity index is 2.91. The Kier molecular flexibility index (Phi) is 3.40. The number of aromatic nitrogens is 2. The lowest BCUT2D eigenvalue weighted by Crippen LogP contribution is -2.19. The van der Waals surface area contributed by atoms with Gasteiger partial charge >= 0.3 is 0 Å². The van der Waals surface area contributed by atoms with Gasteiger partial charge in [-0.15, -0.1) is 6.58 Å². The molecule has 4 heteroatoms. The molecule has 13 heavy (non-hydrogen) atoms. The normalized spacial score (nSPS) is 9.69. The fourth-order valence-corrected chi connectivity index (χ4v) is 1.09. The molecule has 4 nitrogen and oxygen atoms in total. The summed E-state index contributed by atoms with van der Waals surface area (Å²) in [5, 5.41) is 9.00. The molecule has 0 aliphatic heterocycles. The highest BCUT2D eigenvalue weighted by atomic mass is 16.3. The van der Waals surface area contributed by atoms with Crippen molar-refractivity contribution >= 4 is 5.82 Å². The van der Waals surface area contributed by atoms with Crippen LogP contribution in [-0.2, 0) is 6.61 Å². The lowest BCUT2D eigenvalue weighted by molar-refractivity contribution is 0.281. The minimum atomic E-state index is -0.0440. The third kappa shape index (κ3) is 2.26. The largest absolute Gasteiger partial charge is 0.391 e. The minimum Gasteiger partial charge on any atom is -0.391 e. The smallest absolute Gasteiger partial charge is 0.137 e. The molecule has 1 heterocycles. The van der Waals surface area contributed by atoms with Crippen LogP contribution >= 0.6 is 0 Å². The average Bonchev–Trinajstić information content (AvgIpc) is 2.18. The van der Waals surface area contributed by atoms with Crippen molar-refractivity contribution in [3.8, 4) is 0 Å². The van der Waals surface area contributed by atoms with Crippen molar-refractivity contribution in [1.29, 1.82) is 0 Å². The molecule has 0 saturated heterocycles. The van der Waals surface area contributed by atoms with Gasteiger partial charge in [-0.3, -0.25) is 0 Å². The molecule has 0 atom stereocenters. The van der Waals surface area contributed by atoms with Gasteiger partial charge in [-0.25, -0.2) is 9.97 Å². The zero-order valence-electron chi connectivity index (χ0n) is 7.64. The van der Waals surface area contributed by atoms with Crippen molar-refractivity contribution in [3.05, 3.63) is 30.7 Å². The molecule has 0 unspecified atom stereocenters. The van der Waals surface area contributed by atoms with E-state index in [1.165, 1.54) is 6.33 Å². The quantitative estimate of drug-likeness (QED) is 0.687. The second-order valence-corrected chi connectivity index (χ2v) is 2.70. The van der Waals surface area contributed by atoms with Crippen molar-refractivity contribution in [2.75, 3.05) is 18.5 Å². The third-order valence-corrected chi connectivity index (χ3v) is 1.70. The zero-order chi connectivity index (χ0) is 9.68. The summed E-state index contributed by atoms with van der Waals surface area (Å²) in [5.74, 6) is 0.748. The van der Waals surface area contributed by atoms with E-state index >= 15 is 0 Å². The highest BCUT2D eigenvalue weighted by molar-refractivity contribution is 5.44. The monoisotopic (exact) mass is 179 g/mol. The SMILES string of the molecule is C=CCN(C)c1ncncc1CO. The van der Waals surface area contributed by atoms with E-state index in [1.54, 1.807) is 12.3 Å². The van der Waals surface area contributed by atoms with Crippen molar-refractivity contribution < 1.29 is 5.11 Å². The van der Waals surface area contributed by atoms with Crippen LogP contribution in [0.1, 0.15) is 5.56 Å². The highest BCUT2D eigenvalue weighted by Crippen LogP contribution is 2.13. The number of rotatable bonds is 4. The zero-order valence-corrected chi connectivity index (χ0v) is 7.64. The van der Waals surface area contributed by atoms with Crippen LogP contribution in [0, 0.1) is 0 Å². The van der Waals surface area contributed by atoms with Gasteiger partial charge in [-0.1, -0.05) is 6.08 Å². The molecule has 0 aliphatic rings. The number of aliphatic hydroxyl groups excluding tert-OH is 1. The number of aliphatic hydroxyl groups is 1. The molecule has 0 aliphatic carbocycles. The summed E-state index contributed by atoms with van der Waals surface area (Å²) in [6, 6.07) is 0. The summed E-state index contributed by atoms with van der Waals surface area (Å²) in [6.07, 6.45) is 4.86. The Bertz CT molecular complexity index is 288. The van der Waals surface area contributed by atoms with Gasteiger partial charge in [-0.2, -0.15) is 0 Å². The maximum Gasteiger partial charge on any atom is 0.137 e. The fraction of sp³-hybridized carbons (Fsp3) is 0.333. The lowest BCUT2D eigenvalue weighted by atomic mass is 10.3. The molecular formula is C9H13N3O. The predicted molar refractivity (Wildman–Crippen MR) is 51.4 cm³/mol. The van der Waals surface area contributed by atoms with Gasteiger partial charge in [0.25, 0.3) is 0 Å². The van der Waals surface area contributed by atoms with E-state index in [0.717, 1.165) is 11.4 Å². The molecule has 70 valence electrons. The lowest BCUT2D eigenvalue weighted by Gasteiger charge is -2.17. The Morgan fingerprint density at radius 2 is 2.46 bits per heavy atom. The fourth-order valence-electron chi connectivity index (χ4n) is 1.09. The van der Waals surface area contributed by atoms with Crippen LogP contribution < -0.4 is 4.90 Å². The first-order valence-corrected chi connectivity index (χ1v) is 4.01. The molecule has 0 amide bonds. The first-order chi connectivity index (χ1) is 6.29. The number of anilines is 1. The van der Waals surface area contributed by atoms with E-state index in [4.69, 9.17) is 5.11 Å². The van der Waals surface area contributed by atoms with E-state index in [2.05, 4.69) is 16.5 Å². The summed E-state index contributed by atoms with van der Waals surface area (Å²) < 4.78 is 0. The predicted octanol–water partition coefficient (Wildman–Crippen LogP) is 0.591. The molecule has 0 radical (unpaired) electrons. The van der Waals surface area contributed by atoms with E-state index in [1.807, 2.05) is 11.9 Å². The van der Waals surface area contributed by atoms with Crippen molar-refractivity contribution in [1.82, 2.24) is 9.97 Å². The van der Waals surface area contributed by atoms with E-state index < -0.39 is 0 Å². The van der Waals surface area contributed by atoms with Gasteiger partial charge in [0, 0.05) is 25.4 Å². The standard InChI is InChI=1S/C9H13N3O/c1-3-4-12(2)9-8(6-13)5-10-7-11-9/h3,5,7,13H,1,4,6H2,2H3. The van der Waals surface area contributed by atoms with Crippen LogP contribution in [0.25, 0.3) is 0 Å². The van der Waals surface area contributed by atoms with Gasteiger partial charge in [0.15, 0.2) is 0 Å². The molecular weight excluding hydrogens is 166 g/mol. The summed E-state index contributed by atoms with van der Waals surface area (Å²) in [5.41, 5.74) is 0.729. The highest BCUT2D eigenvalue weighted by Gasteiger charge is 2.05. The number of likely N-dealkylation sites (N-methyl/N-ethyl adjacent to an activating group) is 1. The van der Waals surface area contributed by atoms with E-state index in [9.17, 15) is 0 Å². The molecule has 0 spiro atoms. The van der Waals surface area contributed by atoms with Gasteiger partial charge < -0.3 is 10.0 Å². The van der Waals surface area contributed by atoms with Crippen molar-refractivity contribution in [2.24, 2.45) is 0 Å². The Morgan fingerprint density at radius 1 is 1.69 bits per heavy atom. The van der Waals surface area contributed by atoms with E-state index in [-0.39, 0.29) is 6.61 Å².